The molecule has 1 aromatic carbocycles. The van der Waals surface area contributed by atoms with E-state index in [4.69, 9.17) is 16.3 Å². The van der Waals surface area contributed by atoms with Crippen molar-refractivity contribution >= 4 is 17.7 Å². The summed E-state index contributed by atoms with van der Waals surface area (Å²) in [5.41, 5.74) is 1.90. The Morgan fingerprint density at radius 1 is 1.53 bits per heavy atom. The van der Waals surface area contributed by atoms with Gasteiger partial charge in [-0.2, -0.15) is 0 Å². The average Bonchev–Trinajstić information content (AvgIpc) is 2.25. The SMILES string of the molecule is CCc1cc(Cl)c(OC)c(CN=C=O)c1. The summed E-state index contributed by atoms with van der Waals surface area (Å²) in [5.74, 6) is 0.577. The second-order valence-corrected chi connectivity index (χ2v) is 3.44. The largest absolute Gasteiger partial charge is 0.495 e. The number of benzene rings is 1. The number of nitrogens with zero attached hydrogens (tertiary/aromatic N) is 1. The zero-order chi connectivity index (χ0) is 11.3. The lowest BCUT2D eigenvalue weighted by Gasteiger charge is -2.10. The molecule has 80 valence electrons. The van der Waals surface area contributed by atoms with E-state index in [1.54, 1.807) is 7.11 Å². The van der Waals surface area contributed by atoms with Crippen LogP contribution in [0.1, 0.15) is 18.1 Å². The lowest BCUT2D eigenvalue weighted by atomic mass is 10.1. The molecule has 0 bridgehead atoms. The van der Waals surface area contributed by atoms with E-state index in [0.717, 1.165) is 17.5 Å². The summed E-state index contributed by atoms with van der Waals surface area (Å²) >= 11 is 6.03. The van der Waals surface area contributed by atoms with Gasteiger partial charge in [-0.25, -0.2) is 9.79 Å². The minimum absolute atomic E-state index is 0.250. The molecule has 0 atom stereocenters. The Bertz CT molecular complexity index is 398. The van der Waals surface area contributed by atoms with Crippen LogP contribution in [0.15, 0.2) is 17.1 Å². The summed E-state index contributed by atoms with van der Waals surface area (Å²) in [6.07, 6.45) is 2.38. The minimum atomic E-state index is 0.250. The van der Waals surface area contributed by atoms with Crippen LogP contribution in [0.25, 0.3) is 0 Å². The number of rotatable bonds is 4. The molecule has 1 rings (SSSR count). The number of methoxy groups -OCH3 is 1. The lowest BCUT2D eigenvalue weighted by Crippen LogP contribution is -1.94. The predicted octanol–water partition coefficient (Wildman–Crippen LogP) is 2.75. The van der Waals surface area contributed by atoms with Gasteiger partial charge in [0.1, 0.15) is 5.75 Å². The van der Waals surface area contributed by atoms with Gasteiger partial charge in [0.25, 0.3) is 0 Å². The van der Waals surface area contributed by atoms with Crippen molar-refractivity contribution in [3.8, 4) is 5.75 Å². The van der Waals surface area contributed by atoms with Crippen molar-refractivity contribution in [1.29, 1.82) is 0 Å². The Morgan fingerprint density at radius 3 is 2.80 bits per heavy atom. The second kappa shape index (κ2) is 5.54. The summed E-state index contributed by atoms with van der Waals surface area (Å²) in [6, 6.07) is 3.79. The van der Waals surface area contributed by atoms with Crippen LogP contribution < -0.4 is 4.74 Å². The average molecular weight is 226 g/mol. The Hall–Kier alpha value is -1.31. The number of ether oxygens (including phenoxy) is 1. The molecule has 0 saturated heterocycles. The van der Waals surface area contributed by atoms with Gasteiger partial charge < -0.3 is 4.74 Å². The fourth-order valence-electron chi connectivity index (χ4n) is 1.38. The molecule has 0 spiro atoms. The summed E-state index contributed by atoms with van der Waals surface area (Å²) < 4.78 is 5.15. The maximum absolute atomic E-state index is 10.1. The molecule has 0 unspecified atom stereocenters. The molecule has 0 heterocycles. The van der Waals surface area contributed by atoms with E-state index in [2.05, 4.69) is 4.99 Å². The van der Waals surface area contributed by atoms with Crippen LogP contribution in [0.3, 0.4) is 0 Å². The molecule has 0 aromatic heterocycles. The van der Waals surface area contributed by atoms with E-state index < -0.39 is 0 Å². The van der Waals surface area contributed by atoms with Crippen LogP contribution in [0.5, 0.6) is 5.75 Å². The molecule has 15 heavy (non-hydrogen) atoms. The second-order valence-electron chi connectivity index (χ2n) is 3.03. The van der Waals surface area contributed by atoms with Gasteiger partial charge in [0.05, 0.1) is 18.7 Å². The summed E-state index contributed by atoms with van der Waals surface area (Å²) in [6.45, 7) is 2.28. The van der Waals surface area contributed by atoms with Crippen molar-refractivity contribution < 1.29 is 9.53 Å². The van der Waals surface area contributed by atoms with E-state index in [9.17, 15) is 4.79 Å². The third kappa shape index (κ3) is 2.82. The first-order chi connectivity index (χ1) is 7.22. The van der Waals surface area contributed by atoms with Crippen LogP contribution in [0.4, 0.5) is 0 Å². The zero-order valence-corrected chi connectivity index (χ0v) is 9.47. The third-order valence-electron chi connectivity index (χ3n) is 2.11. The van der Waals surface area contributed by atoms with E-state index in [1.165, 1.54) is 6.08 Å². The Balaban J connectivity index is 3.18. The van der Waals surface area contributed by atoms with Crippen molar-refractivity contribution in [1.82, 2.24) is 0 Å². The van der Waals surface area contributed by atoms with Crippen LogP contribution in [-0.2, 0) is 17.8 Å². The molecular formula is C11H12ClNO2. The number of hydrogen-bond acceptors (Lipinski definition) is 3. The smallest absolute Gasteiger partial charge is 0.235 e. The molecule has 0 radical (unpaired) electrons. The fraction of sp³-hybridized carbons (Fsp3) is 0.364. The Morgan fingerprint density at radius 2 is 2.27 bits per heavy atom. The van der Waals surface area contributed by atoms with Crippen LogP contribution in [0, 0.1) is 0 Å². The first-order valence-electron chi connectivity index (χ1n) is 4.61. The highest BCUT2D eigenvalue weighted by Crippen LogP contribution is 2.30. The van der Waals surface area contributed by atoms with E-state index in [1.807, 2.05) is 19.1 Å². The van der Waals surface area contributed by atoms with Crippen molar-refractivity contribution in [2.24, 2.45) is 4.99 Å². The normalized spacial score (nSPS) is 9.53. The van der Waals surface area contributed by atoms with Gasteiger partial charge >= 0.3 is 0 Å². The molecule has 0 N–H and O–H groups in total. The van der Waals surface area contributed by atoms with Crippen molar-refractivity contribution in [2.75, 3.05) is 7.11 Å². The van der Waals surface area contributed by atoms with Crippen LogP contribution in [0.2, 0.25) is 5.02 Å². The number of halogens is 1. The van der Waals surface area contributed by atoms with Gasteiger partial charge in [0.15, 0.2) is 0 Å². The molecular weight excluding hydrogens is 214 g/mol. The highest BCUT2D eigenvalue weighted by Gasteiger charge is 2.09. The standard InChI is InChI=1S/C11H12ClNO2/c1-3-8-4-9(6-13-7-14)11(15-2)10(12)5-8/h4-5H,3,6H2,1-2H3. The maximum atomic E-state index is 10.1. The number of hydrogen-bond donors (Lipinski definition) is 0. The highest BCUT2D eigenvalue weighted by molar-refractivity contribution is 6.32. The lowest BCUT2D eigenvalue weighted by molar-refractivity contribution is 0.410. The number of isocyanates is 1. The molecule has 0 fully saturated rings. The van der Waals surface area contributed by atoms with Gasteiger partial charge in [-0.1, -0.05) is 24.6 Å². The van der Waals surface area contributed by atoms with Gasteiger partial charge in [0, 0.05) is 5.56 Å². The molecule has 0 aliphatic rings. The first kappa shape index (κ1) is 11.8. The quantitative estimate of drug-likeness (QED) is 0.584. The molecule has 3 nitrogen and oxygen atoms in total. The van der Waals surface area contributed by atoms with Gasteiger partial charge in [-0.05, 0) is 18.1 Å². The predicted molar refractivity (Wildman–Crippen MR) is 59.2 cm³/mol. The van der Waals surface area contributed by atoms with E-state index >= 15 is 0 Å². The van der Waals surface area contributed by atoms with Crippen LogP contribution in [-0.4, -0.2) is 13.2 Å². The number of aryl methyl sites for hydroxylation is 1. The fourth-order valence-corrected chi connectivity index (χ4v) is 1.72. The number of carbonyl (C=O) groups excluding carboxylic acids is 1. The summed E-state index contributed by atoms with van der Waals surface area (Å²) in [7, 11) is 1.54. The van der Waals surface area contributed by atoms with Crippen molar-refractivity contribution in [3.05, 3.63) is 28.3 Å². The topological polar surface area (TPSA) is 38.7 Å². The Kier molecular flexibility index (Phi) is 4.35. The van der Waals surface area contributed by atoms with Gasteiger partial charge in [0.2, 0.25) is 6.08 Å². The summed E-state index contributed by atoms with van der Waals surface area (Å²) in [4.78, 5) is 13.6. The Labute approximate surface area is 93.7 Å². The molecule has 4 heteroatoms. The van der Waals surface area contributed by atoms with Gasteiger partial charge in [-0.15, -0.1) is 0 Å². The third-order valence-corrected chi connectivity index (χ3v) is 2.39. The molecule has 0 aliphatic heterocycles. The first-order valence-corrected chi connectivity index (χ1v) is 4.99. The van der Waals surface area contributed by atoms with Crippen molar-refractivity contribution in [3.63, 3.8) is 0 Å². The molecule has 0 amide bonds. The maximum Gasteiger partial charge on any atom is 0.235 e. The molecule has 0 aliphatic carbocycles. The highest BCUT2D eigenvalue weighted by atomic mass is 35.5. The summed E-state index contributed by atoms with van der Waals surface area (Å²) in [5, 5.41) is 0.549. The molecule has 0 saturated carbocycles. The van der Waals surface area contributed by atoms with Crippen molar-refractivity contribution in [2.45, 2.75) is 19.9 Å². The van der Waals surface area contributed by atoms with E-state index in [0.29, 0.717) is 10.8 Å². The monoisotopic (exact) mass is 225 g/mol. The zero-order valence-electron chi connectivity index (χ0n) is 8.71. The van der Waals surface area contributed by atoms with E-state index in [-0.39, 0.29) is 6.54 Å². The van der Waals surface area contributed by atoms with Crippen LogP contribution >= 0.6 is 11.6 Å². The number of aliphatic imine (C=N–C) groups is 1. The molecule has 1 aromatic rings. The minimum Gasteiger partial charge on any atom is -0.495 e. The van der Waals surface area contributed by atoms with Gasteiger partial charge in [-0.3, -0.25) is 0 Å².